The lowest BCUT2D eigenvalue weighted by molar-refractivity contribution is -0.142. The number of esters is 1. The average molecular weight is 226 g/mol. The summed E-state index contributed by atoms with van der Waals surface area (Å²) in [6, 6.07) is 0. The van der Waals surface area contributed by atoms with E-state index in [2.05, 4.69) is 4.74 Å². The van der Waals surface area contributed by atoms with Crippen LogP contribution in [0.25, 0.3) is 0 Å². The minimum atomic E-state index is -0.966. The van der Waals surface area contributed by atoms with Crippen LogP contribution in [0.1, 0.15) is 6.42 Å². The van der Waals surface area contributed by atoms with Crippen molar-refractivity contribution in [3.05, 3.63) is 23.7 Å². The van der Waals surface area contributed by atoms with E-state index in [1.165, 1.54) is 20.5 Å². The molecule has 0 radical (unpaired) electrons. The topological polar surface area (TPSA) is 65.0 Å². The van der Waals surface area contributed by atoms with E-state index in [9.17, 15) is 9.90 Å². The van der Waals surface area contributed by atoms with E-state index >= 15 is 0 Å². The molecule has 5 nitrogen and oxygen atoms in total. The highest BCUT2D eigenvalue weighted by Gasteiger charge is 2.44. The molecule has 2 rings (SSSR count). The molecule has 0 saturated heterocycles. The van der Waals surface area contributed by atoms with Gasteiger partial charge in [0, 0.05) is 5.92 Å². The molecular weight excluding hydrogens is 212 g/mol. The number of ether oxygens (including phenoxy) is 3. The third kappa shape index (κ3) is 1.57. The molecule has 1 N–H and O–H groups in total. The van der Waals surface area contributed by atoms with Crippen molar-refractivity contribution in [1.29, 1.82) is 0 Å². The molecule has 0 saturated carbocycles. The van der Waals surface area contributed by atoms with Gasteiger partial charge in [-0.15, -0.1) is 0 Å². The third-order valence-electron chi connectivity index (χ3n) is 3.03. The van der Waals surface area contributed by atoms with Crippen molar-refractivity contribution in [2.24, 2.45) is 11.8 Å². The second-order valence-electron chi connectivity index (χ2n) is 3.77. The quantitative estimate of drug-likeness (QED) is 0.697. The molecule has 1 heterocycles. The van der Waals surface area contributed by atoms with E-state index in [1.54, 1.807) is 0 Å². The minimum absolute atomic E-state index is 0.119. The Morgan fingerprint density at radius 3 is 2.94 bits per heavy atom. The lowest BCUT2D eigenvalue weighted by atomic mass is 9.86. The predicted molar refractivity (Wildman–Crippen MR) is 53.9 cm³/mol. The lowest BCUT2D eigenvalue weighted by Crippen LogP contribution is -2.35. The van der Waals surface area contributed by atoms with Crippen molar-refractivity contribution in [1.82, 2.24) is 0 Å². The minimum Gasteiger partial charge on any atom is -0.501 e. The van der Waals surface area contributed by atoms with Crippen molar-refractivity contribution in [3.8, 4) is 0 Å². The van der Waals surface area contributed by atoms with Crippen LogP contribution in [-0.4, -0.2) is 31.6 Å². The molecule has 88 valence electrons. The summed E-state index contributed by atoms with van der Waals surface area (Å²) in [4.78, 5) is 11.5. The molecule has 0 spiro atoms. The van der Waals surface area contributed by atoms with Crippen molar-refractivity contribution in [2.45, 2.75) is 12.7 Å². The van der Waals surface area contributed by atoms with Crippen LogP contribution in [-0.2, 0) is 19.0 Å². The predicted octanol–water partition coefficient (Wildman–Crippen LogP) is 0.558. The van der Waals surface area contributed by atoms with E-state index in [-0.39, 0.29) is 11.8 Å². The summed E-state index contributed by atoms with van der Waals surface area (Å²) in [6.45, 7) is 0. The molecule has 0 fully saturated rings. The van der Waals surface area contributed by atoms with Crippen molar-refractivity contribution in [3.63, 3.8) is 0 Å². The van der Waals surface area contributed by atoms with Gasteiger partial charge in [-0.25, -0.2) is 4.79 Å². The summed E-state index contributed by atoms with van der Waals surface area (Å²) in [5.74, 6) is -0.199. The first-order valence-electron chi connectivity index (χ1n) is 5.05. The van der Waals surface area contributed by atoms with Gasteiger partial charge in [0.1, 0.15) is 5.76 Å². The maximum Gasteiger partial charge on any atom is 0.337 e. The Morgan fingerprint density at radius 1 is 1.56 bits per heavy atom. The third-order valence-corrected chi connectivity index (χ3v) is 3.03. The first kappa shape index (κ1) is 11.0. The van der Waals surface area contributed by atoms with Gasteiger partial charge in [0.25, 0.3) is 0 Å². The summed E-state index contributed by atoms with van der Waals surface area (Å²) in [5, 5.41) is 9.71. The van der Waals surface area contributed by atoms with Crippen LogP contribution >= 0.6 is 0 Å². The summed E-state index contributed by atoms with van der Waals surface area (Å²) >= 11 is 0. The van der Waals surface area contributed by atoms with Crippen LogP contribution in [0, 0.1) is 11.8 Å². The number of allylic oxidation sites excluding steroid dienone is 1. The van der Waals surface area contributed by atoms with E-state index < -0.39 is 12.3 Å². The summed E-state index contributed by atoms with van der Waals surface area (Å²) < 4.78 is 14.9. The van der Waals surface area contributed by atoms with Crippen LogP contribution in [0.3, 0.4) is 0 Å². The van der Waals surface area contributed by atoms with Gasteiger partial charge in [-0.3, -0.25) is 0 Å². The van der Waals surface area contributed by atoms with E-state index in [0.717, 1.165) is 0 Å². The number of carbonyl (C=O) groups is 1. The number of methoxy groups -OCH3 is 2. The van der Waals surface area contributed by atoms with Gasteiger partial charge < -0.3 is 19.3 Å². The lowest BCUT2D eigenvalue weighted by Gasteiger charge is -2.31. The second kappa shape index (κ2) is 4.17. The molecule has 3 unspecified atom stereocenters. The molecular formula is C11H14O5. The van der Waals surface area contributed by atoms with Crippen LogP contribution in [0.4, 0.5) is 0 Å². The Kier molecular flexibility index (Phi) is 2.87. The first-order valence-corrected chi connectivity index (χ1v) is 5.05. The van der Waals surface area contributed by atoms with Gasteiger partial charge in [-0.2, -0.15) is 0 Å². The van der Waals surface area contributed by atoms with E-state index in [4.69, 9.17) is 9.47 Å². The van der Waals surface area contributed by atoms with Crippen molar-refractivity contribution >= 4 is 5.97 Å². The van der Waals surface area contributed by atoms with Gasteiger partial charge in [0.15, 0.2) is 0 Å². The number of hydrogen-bond donors (Lipinski definition) is 1. The molecule has 5 heteroatoms. The number of rotatable bonds is 2. The Balaban J connectivity index is 2.26. The maximum atomic E-state index is 11.5. The zero-order chi connectivity index (χ0) is 11.7. The molecule has 0 aromatic heterocycles. The summed E-state index contributed by atoms with van der Waals surface area (Å²) in [6.07, 6.45) is 2.83. The fourth-order valence-electron chi connectivity index (χ4n) is 2.24. The first-order chi connectivity index (χ1) is 7.69. The smallest absolute Gasteiger partial charge is 0.337 e. The Bertz CT molecular complexity index is 357. The standard InChI is InChI=1S/C11H14O5/c1-14-8-4-3-6-7(10(12)15-2)5-16-11(13)9(6)8/h4-6,9,11,13H,3H2,1-2H3. The molecule has 0 aromatic carbocycles. The fourth-order valence-corrected chi connectivity index (χ4v) is 2.24. The van der Waals surface area contributed by atoms with Crippen LogP contribution in [0.15, 0.2) is 23.7 Å². The zero-order valence-corrected chi connectivity index (χ0v) is 9.17. The Hall–Kier alpha value is -1.49. The van der Waals surface area contributed by atoms with E-state index in [1.807, 2.05) is 6.08 Å². The van der Waals surface area contributed by atoms with Crippen molar-refractivity contribution < 1.29 is 24.1 Å². The SMILES string of the molecule is COC(=O)C1=COC(O)C2C(OC)=CCC12. The molecule has 0 bridgehead atoms. The number of carbonyl (C=O) groups excluding carboxylic acids is 1. The van der Waals surface area contributed by atoms with E-state index in [0.29, 0.717) is 17.8 Å². The van der Waals surface area contributed by atoms with Gasteiger partial charge in [0.2, 0.25) is 6.29 Å². The average Bonchev–Trinajstić information content (AvgIpc) is 2.73. The van der Waals surface area contributed by atoms with Gasteiger partial charge in [-0.05, 0) is 12.5 Å². The molecule has 1 aliphatic heterocycles. The molecule has 0 aromatic rings. The van der Waals surface area contributed by atoms with Gasteiger partial charge in [0.05, 0.1) is 32.0 Å². The molecule has 2 aliphatic rings. The number of aliphatic hydroxyl groups excluding tert-OH is 1. The van der Waals surface area contributed by atoms with Crippen LogP contribution in [0.5, 0.6) is 0 Å². The fraction of sp³-hybridized carbons (Fsp3) is 0.545. The molecule has 1 aliphatic carbocycles. The normalized spacial score (nSPS) is 32.1. The van der Waals surface area contributed by atoms with Crippen LogP contribution in [0.2, 0.25) is 0 Å². The Labute approximate surface area is 93.3 Å². The largest absolute Gasteiger partial charge is 0.501 e. The highest BCUT2D eigenvalue weighted by Crippen LogP contribution is 2.42. The molecule has 16 heavy (non-hydrogen) atoms. The number of aliphatic hydroxyl groups is 1. The highest BCUT2D eigenvalue weighted by atomic mass is 16.6. The van der Waals surface area contributed by atoms with Crippen LogP contribution < -0.4 is 0 Å². The monoisotopic (exact) mass is 226 g/mol. The Morgan fingerprint density at radius 2 is 2.31 bits per heavy atom. The summed E-state index contributed by atoms with van der Waals surface area (Å²) in [5.41, 5.74) is 0.445. The number of hydrogen-bond acceptors (Lipinski definition) is 5. The van der Waals surface area contributed by atoms with Gasteiger partial charge >= 0.3 is 5.97 Å². The zero-order valence-electron chi connectivity index (χ0n) is 9.17. The molecule has 3 atom stereocenters. The summed E-state index contributed by atoms with van der Waals surface area (Å²) in [7, 11) is 2.86. The van der Waals surface area contributed by atoms with Crippen molar-refractivity contribution in [2.75, 3.05) is 14.2 Å². The molecule has 0 amide bonds. The van der Waals surface area contributed by atoms with Gasteiger partial charge in [-0.1, -0.05) is 0 Å². The maximum absolute atomic E-state index is 11.5. The number of fused-ring (bicyclic) bond motifs is 1. The highest BCUT2D eigenvalue weighted by molar-refractivity contribution is 5.89. The second-order valence-corrected chi connectivity index (χ2v) is 3.77.